The minimum atomic E-state index is -1.09. The Hall–Kier alpha value is -3.78. The molecule has 0 saturated carbocycles. The molecule has 7 nitrogen and oxygen atoms in total. The first-order valence-electron chi connectivity index (χ1n) is 11.3. The molecule has 3 aromatic rings. The van der Waals surface area contributed by atoms with Gasteiger partial charge in [0.15, 0.2) is 10.8 Å². The number of thiocarbonyl (C=S) groups is 1. The van der Waals surface area contributed by atoms with Crippen LogP contribution >= 0.6 is 12.2 Å². The zero-order valence-corrected chi connectivity index (χ0v) is 20.8. The summed E-state index contributed by atoms with van der Waals surface area (Å²) in [5, 5.41) is 6.99. The lowest BCUT2D eigenvalue weighted by Crippen LogP contribution is -2.72. The number of ether oxygens (including phenoxy) is 3. The summed E-state index contributed by atoms with van der Waals surface area (Å²) in [5.74, 6) is 1.24. The van der Waals surface area contributed by atoms with Crippen molar-refractivity contribution in [2.75, 3.05) is 24.4 Å². The molecule has 0 radical (unpaired) electrons. The molecule has 35 heavy (non-hydrogen) atoms. The Morgan fingerprint density at radius 2 is 1.74 bits per heavy atom. The molecule has 2 N–H and O–H groups in total. The largest absolute Gasteiger partial charge is 0.497 e. The van der Waals surface area contributed by atoms with Gasteiger partial charge < -0.3 is 24.8 Å². The van der Waals surface area contributed by atoms with Crippen LogP contribution in [0.3, 0.4) is 0 Å². The van der Waals surface area contributed by atoms with Gasteiger partial charge in [-0.05, 0) is 80.2 Å². The molecule has 1 saturated heterocycles. The molecule has 0 spiro atoms. The van der Waals surface area contributed by atoms with Gasteiger partial charge in [0.2, 0.25) is 5.91 Å². The third-order valence-electron chi connectivity index (χ3n) is 6.70. The molecule has 3 atom stereocenters. The fourth-order valence-electron chi connectivity index (χ4n) is 4.96. The summed E-state index contributed by atoms with van der Waals surface area (Å²) in [6.07, 6.45) is 0. The summed E-state index contributed by atoms with van der Waals surface area (Å²) >= 11 is 5.84. The second-order valence-electron chi connectivity index (χ2n) is 8.80. The summed E-state index contributed by atoms with van der Waals surface area (Å²) in [7, 11) is 3.22. The molecule has 180 valence electrons. The van der Waals surface area contributed by atoms with Gasteiger partial charge in [-0.25, -0.2) is 0 Å². The summed E-state index contributed by atoms with van der Waals surface area (Å²) in [4.78, 5) is 15.8. The number of carbonyl (C=O) groups excluding carboxylic acids is 1. The van der Waals surface area contributed by atoms with Crippen molar-refractivity contribution in [3.63, 3.8) is 0 Å². The summed E-state index contributed by atoms with van der Waals surface area (Å²) < 4.78 is 17.3. The number of hydrogen-bond acceptors (Lipinski definition) is 5. The lowest BCUT2D eigenvalue weighted by molar-refractivity contribution is -0.130. The first-order valence-corrected chi connectivity index (χ1v) is 11.7. The highest BCUT2D eigenvalue weighted by Crippen LogP contribution is 2.51. The zero-order valence-electron chi connectivity index (χ0n) is 20.0. The molecular weight excluding hydrogens is 462 g/mol. The van der Waals surface area contributed by atoms with Crippen LogP contribution in [-0.2, 0) is 4.79 Å². The topological polar surface area (TPSA) is 72.1 Å². The molecule has 0 aromatic heterocycles. The van der Waals surface area contributed by atoms with E-state index in [1.807, 2.05) is 85.5 Å². The quantitative estimate of drug-likeness (QED) is 0.498. The van der Waals surface area contributed by atoms with E-state index in [0.29, 0.717) is 28.0 Å². The van der Waals surface area contributed by atoms with Crippen LogP contribution in [0.4, 0.5) is 11.4 Å². The van der Waals surface area contributed by atoms with Gasteiger partial charge in [-0.15, -0.1) is 0 Å². The van der Waals surface area contributed by atoms with Crippen LogP contribution < -0.4 is 29.7 Å². The highest BCUT2D eigenvalue weighted by atomic mass is 32.1. The lowest BCUT2D eigenvalue weighted by Gasteiger charge is -2.56. The summed E-state index contributed by atoms with van der Waals surface area (Å²) in [5.41, 5.74) is 2.31. The van der Waals surface area contributed by atoms with Crippen molar-refractivity contribution < 1.29 is 19.0 Å². The molecule has 0 aliphatic carbocycles. The second-order valence-corrected chi connectivity index (χ2v) is 9.19. The van der Waals surface area contributed by atoms with Crippen LogP contribution in [0.1, 0.15) is 24.1 Å². The van der Waals surface area contributed by atoms with Gasteiger partial charge in [-0.2, -0.15) is 0 Å². The van der Waals surface area contributed by atoms with Crippen LogP contribution in [0.15, 0.2) is 66.7 Å². The van der Waals surface area contributed by atoms with Crippen LogP contribution in [0.2, 0.25) is 0 Å². The highest BCUT2D eigenvalue weighted by molar-refractivity contribution is 7.80. The van der Waals surface area contributed by atoms with E-state index in [4.69, 9.17) is 26.4 Å². The van der Waals surface area contributed by atoms with Crippen LogP contribution in [-0.4, -0.2) is 31.0 Å². The average Bonchev–Trinajstić information content (AvgIpc) is 2.85. The van der Waals surface area contributed by atoms with Crippen molar-refractivity contribution >= 4 is 34.6 Å². The van der Waals surface area contributed by atoms with E-state index in [2.05, 4.69) is 10.6 Å². The first-order chi connectivity index (χ1) is 16.9. The number of carbonyl (C=O) groups is 1. The van der Waals surface area contributed by atoms with Crippen molar-refractivity contribution in [1.29, 1.82) is 0 Å². The molecule has 5 rings (SSSR count). The molecule has 1 amide bonds. The van der Waals surface area contributed by atoms with Crippen molar-refractivity contribution in [3.05, 3.63) is 77.9 Å². The third-order valence-corrected chi connectivity index (χ3v) is 7.00. The van der Waals surface area contributed by atoms with Crippen LogP contribution in [0, 0.1) is 12.8 Å². The smallest absolute Gasteiger partial charge is 0.236 e. The molecule has 2 bridgehead atoms. The lowest BCUT2D eigenvalue weighted by atomic mass is 9.78. The number of fused-ring (bicyclic) bond motifs is 4. The van der Waals surface area contributed by atoms with Gasteiger partial charge in [0, 0.05) is 16.9 Å². The molecule has 2 aliphatic rings. The second kappa shape index (κ2) is 8.78. The Labute approximate surface area is 210 Å². The number of anilines is 2. The maximum Gasteiger partial charge on any atom is 0.236 e. The number of hydrogen-bond donors (Lipinski definition) is 2. The van der Waals surface area contributed by atoms with E-state index >= 15 is 0 Å². The molecule has 3 unspecified atom stereocenters. The van der Waals surface area contributed by atoms with Gasteiger partial charge in [0.05, 0.1) is 20.3 Å². The van der Waals surface area contributed by atoms with Crippen molar-refractivity contribution in [2.24, 2.45) is 5.92 Å². The van der Waals surface area contributed by atoms with Crippen LogP contribution in [0.25, 0.3) is 0 Å². The number of nitrogens with zero attached hydrogens (tertiary/aromatic N) is 1. The number of methoxy groups -OCH3 is 2. The minimum Gasteiger partial charge on any atom is -0.497 e. The summed E-state index contributed by atoms with van der Waals surface area (Å²) in [6.45, 7) is 3.94. The maximum absolute atomic E-state index is 13.9. The fraction of sp³-hybridized carbons (Fsp3) is 0.259. The SMILES string of the molecule is COc1ccc(NC(=O)C2C3NC(=S)N(c4ccccc4C)C2(C)Oc2ccc(OC)cc23)cc1. The van der Waals surface area contributed by atoms with Gasteiger partial charge in [-0.1, -0.05) is 18.2 Å². The number of aryl methyl sites for hydroxylation is 1. The Morgan fingerprint density at radius 3 is 2.43 bits per heavy atom. The first kappa shape index (κ1) is 23.0. The fourth-order valence-corrected chi connectivity index (χ4v) is 5.37. The molecule has 1 fully saturated rings. The zero-order chi connectivity index (χ0) is 24.7. The van der Waals surface area contributed by atoms with E-state index in [-0.39, 0.29) is 5.91 Å². The Morgan fingerprint density at radius 1 is 1.06 bits per heavy atom. The van der Waals surface area contributed by atoms with Crippen molar-refractivity contribution in [2.45, 2.75) is 25.6 Å². The predicted molar refractivity (Wildman–Crippen MR) is 139 cm³/mol. The van der Waals surface area contributed by atoms with Gasteiger partial charge >= 0.3 is 0 Å². The molecule has 3 aromatic carbocycles. The predicted octanol–water partition coefficient (Wildman–Crippen LogP) is 4.81. The van der Waals surface area contributed by atoms with E-state index in [1.165, 1.54) is 0 Å². The number of benzene rings is 3. The van der Waals surface area contributed by atoms with Gasteiger partial charge in [0.1, 0.15) is 23.2 Å². The minimum absolute atomic E-state index is 0.190. The normalized spacial score (nSPS) is 22.4. The average molecular weight is 490 g/mol. The van der Waals surface area contributed by atoms with Crippen LogP contribution in [0.5, 0.6) is 17.2 Å². The van der Waals surface area contributed by atoms with E-state index in [0.717, 1.165) is 16.8 Å². The number of nitrogens with one attached hydrogen (secondary N) is 2. The Bertz CT molecular complexity index is 1300. The van der Waals surface area contributed by atoms with E-state index < -0.39 is 17.7 Å². The standard InChI is InChI=1S/C27H27N3O4S/c1-16-7-5-6-8-21(16)30-26(35)29-24-20-15-19(33-4)13-14-22(20)34-27(30,2)23(24)25(31)28-17-9-11-18(32-3)12-10-17/h5-15,23-24H,1-4H3,(H,28,31)(H,29,35). The Kier molecular flexibility index (Phi) is 5.76. The van der Waals surface area contributed by atoms with Gasteiger partial charge in [-0.3, -0.25) is 9.69 Å². The number of amides is 1. The highest BCUT2D eigenvalue weighted by Gasteiger charge is 2.59. The number of rotatable bonds is 5. The van der Waals surface area contributed by atoms with E-state index in [1.54, 1.807) is 14.2 Å². The molecule has 2 heterocycles. The number of para-hydroxylation sites is 1. The third kappa shape index (κ3) is 3.83. The Balaban J connectivity index is 1.61. The van der Waals surface area contributed by atoms with Crippen molar-refractivity contribution in [3.8, 4) is 17.2 Å². The monoisotopic (exact) mass is 489 g/mol. The van der Waals surface area contributed by atoms with Gasteiger partial charge in [0.25, 0.3) is 0 Å². The molecule has 8 heteroatoms. The molecule has 2 aliphatic heterocycles. The van der Waals surface area contributed by atoms with Crippen molar-refractivity contribution in [1.82, 2.24) is 5.32 Å². The molecular formula is C27H27N3O4S. The summed E-state index contributed by atoms with van der Waals surface area (Å²) in [6, 6.07) is 20.4. The maximum atomic E-state index is 13.9. The van der Waals surface area contributed by atoms with E-state index in [9.17, 15) is 4.79 Å².